The topological polar surface area (TPSA) is 49.8 Å². The number of nitriles is 1. The van der Waals surface area contributed by atoms with Crippen LogP contribution in [0.15, 0.2) is 16.6 Å². The lowest BCUT2D eigenvalue weighted by Crippen LogP contribution is -2.05. The molecule has 2 rings (SSSR count). The van der Waals surface area contributed by atoms with Crippen LogP contribution < -0.4 is 5.73 Å². The third-order valence-corrected chi connectivity index (χ3v) is 3.41. The smallest absolute Gasteiger partial charge is 0.100 e. The van der Waals surface area contributed by atoms with Crippen LogP contribution in [0.5, 0.6) is 0 Å². The lowest BCUT2D eigenvalue weighted by Gasteiger charge is -2.06. The summed E-state index contributed by atoms with van der Waals surface area (Å²) in [5.74, 6) is 0. The minimum atomic E-state index is 0.152. The SMILES string of the molecule is N#Cc1ccc2c(c1Br)CC[C@H]2N. The van der Waals surface area contributed by atoms with Gasteiger partial charge >= 0.3 is 0 Å². The molecule has 0 aromatic heterocycles. The van der Waals surface area contributed by atoms with E-state index in [0.717, 1.165) is 17.3 Å². The van der Waals surface area contributed by atoms with Crippen LogP contribution in [0, 0.1) is 11.3 Å². The van der Waals surface area contributed by atoms with Crippen LogP contribution in [0.4, 0.5) is 0 Å². The van der Waals surface area contributed by atoms with Gasteiger partial charge in [0, 0.05) is 10.5 Å². The van der Waals surface area contributed by atoms with E-state index in [2.05, 4.69) is 22.0 Å². The van der Waals surface area contributed by atoms with Crippen molar-refractivity contribution in [2.75, 3.05) is 0 Å². The van der Waals surface area contributed by atoms with Gasteiger partial charge in [0.1, 0.15) is 6.07 Å². The Labute approximate surface area is 85.5 Å². The summed E-state index contributed by atoms with van der Waals surface area (Å²) in [5, 5.41) is 8.80. The molecular weight excluding hydrogens is 228 g/mol. The predicted molar refractivity (Wildman–Crippen MR) is 54.1 cm³/mol. The van der Waals surface area contributed by atoms with E-state index < -0.39 is 0 Å². The van der Waals surface area contributed by atoms with Crippen molar-refractivity contribution in [2.45, 2.75) is 18.9 Å². The first-order valence-corrected chi connectivity index (χ1v) is 5.00. The maximum Gasteiger partial charge on any atom is 0.100 e. The molecule has 0 spiro atoms. The molecule has 0 saturated carbocycles. The molecule has 0 radical (unpaired) electrons. The summed E-state index contributed by atoms with van der Waals surface area (Å²) in [6, 6.07) is 6.10. The van der Waals surface area contributed by atoms with Crippen molar-refractivity contribution in [3.05, 3.63) is 33.3 Å². The lowest BCUT2D eigenvalue weighted by atomic mass is 10.1. The standard InChI is InChI=1S/C10H9BrN2/c11-10-6(5-12)1-2-7-8(10)3-4-9(7)13/h1-2,9H,3-4,13H2/t9-/m1/s1. The monoisotopic (exact) mass is 236 g/mol. The van der Waals surface area contributed by atoms with Crippen molar-refractivity contribution in [1.29, 1.82) is 5.26 Å². The summed E-state index contributed by atoms with van der Waals surface area (Å²) in [6.07, 6.45) is 1.97. The Morgan fingerprint density at radius 1 is 1.54 bits per heavy atom. The quantitative estimate of drug-likeness (QED) is 0.752. The first-order chi connectivity index (χ1) is 6.24. The molecule has 66 valence electrons. The minimum Gasteiger partial charge on any atom is -0.324 e. The highest BCUT2D eigenvalue weighted by atomic mass is 79.9. The molecule has 0 saturated heterocycles. The maximum absolute atomic E-state index is 8.80. The Hall–Kier alpha value is -0.850. The van der Waals surface area contributed by atoms with Gasteiger partial charge in [0.05, 0.1) is 5.56 Å². The molecule has 1 aromatic carbocycles. The molecule has 1 aliphatic carbocycles. The van der Waals surface area contributed by atoms with Crippen LogP contribution in [0.3, 0.4) is 0 Å². The summed E-state index contributed by atoms with van der Waals surface area (Å²) in [6.45, 7) is 0. The third-order valence-electron chi connectivity index (χ3n) is 2.50. The van der Waals surface area contributed by atoms with Crippen LogP contribution in [0.1, 0.15) is 29.2 Å². The van der Waals surface area contributed by atoms with Crippen LogP contribution >= 0.6 is 15.9 Å². The largest absolute Gasteiger partial charge is 0.324 e. The molecular formula is C10H9BrN2. The fourth-order valence-electron chi connectivity index (χ4n) is 1.78. The third kappa shape index (κ3) is 1.27. The summed E-state index contributed by atoms with van der Waals surface area (Å²) in [4.78, 5) is 0. The molecule has 2 nitrogen and oxygen atoms in total. The van der Waals surface area contributed by atoms with Crippen molar-refractivity contribution in [1.82, 2.24) is 0 Å². The maximum atomic E-state index is 8.80. The number of hydrogen-bond acceptors (Lipinski definition) is 2. The highest BCUT2D eigenvalue weighted by Gasteiger charge is 2.22. The zero-order chi connectivity index (χ0) is 9.42. The zero-order valence-corrected chi connectivity index (χ0v) is 8.63. The molecule has 3 heteroatoms. The molecule has 1 aromatic rings. The van der Waals surface area contributed by atoms with E-state index in [9.17, 15) is 0 Å². The molecule has 1 aliphatic rings. The van der Waals surface area contributed by atoms with Crippen molar-refractivity contribution >= 4 is 15.9 Å². The fourth-order valence-corrected chi connectivity index (χ4v) is 2.43. The van der Waals surface area contributed by atoms with Crippen molar-refractivity contribution < 1.29 is 0 Å². The van der Waals surface area contributed by atoms with Gasteiger partial charge in [-0.3, -0.25) is 0 Å². The number of benzene rings is 1. The van der Waals surface area contributed by atoms with Crippen molar-refractivity contribution in [3.63, 3.8) is 0 Å². The normalized spacial score (nSPS) is 19.6. The van der Waals surface area contributed by atoms with E-state index in [1.807, 2.05) is 12.1 Å². The predicted octanol–water partition coefficient (Wildman–Crippen LogP) is 2.27. The highest BCUT2D eigenvalue weighted by molar-refractivity contribution is 9.10. The van der Waals surface area contributed by atoms with E-state index in [1.165, 1.54) is 11.1 Å². The Morgan fingerprint density at radius 3 is 3.00 bits per heavy atom. The van der Waals surface area contributed by atoms with Gasteiger partial charge in [-0.05, 0) is 46.0 Å². The first kappa shape index (κ1) is 8.74. The molecule has 0 heterocycles. The van der Waals surface area contributed by atoms with Gasteiger partial charge in [-0.25, -0.2) is 0 Å². The molecule has 0 fully saturated rings. The van der Waals surface area contributed by atoms with Gasteiger partial charge in [0.15, 0.2) is 0 Å². The van der Waals surface area contributed by atoms with Gasteiger partial charge in [-0.1, -0.05) is 6.07 Å². The molecule has 13 heavy (non-hydrogen) atoms. The van der Waals surface area contributed by atoms with Crippen LogP contribution in [0.2, 0.25) is 0 Å². The van der Waals surface area contributed by atoms with Crippen molar-refractivity contribution in [2.24, 2.45) is 5.73 Å². The van der Waals surface area contributed by atoms with Crippen LogP contribution in [-0.4, -0.2) is 0 Å². The summed E-state index contributed by atoms with van der Waals surface area (Å²) >= 11 is 3.44. The molecule has 0 bridgehead atoms. The molecule has 2 N–H and O–H groups in total. The zero-order valence-electron chi connectivity index (χ0n) is 7.05. The summed E-state index contributed by atoms with van der Waals surface area (Å²) in [5.41, 5.74) is 9.01. The van der Waals surface area contributed by atoms with E-state index in [-0.39, 0.29) is 6.04 Å². The van der Waals surface area contributed by atoms with Gasteiger partial charge in [-0.15, -0.1) is 0 Å². The second-order valence-corrected chi connectivity index (χ2v) is 4.04. The number of nitrogens with zero attached hydrogens (tertiary/aromatic N) is 1. The Kier molecular flexibility index (Phi) is 2.10. The second kappa shape index (κ2) is 3.13. The van der Waals surface area contributed by atoms with Gasteiger partial charge in [-0.2, -0.15) is 5.26 Å². The van der Waals surface area contributed by atoms with Gasteiger partial charge in [0.25, 0.3) is 0 Å². The van der Waals surface area contributed by atoms with Gasteiger partial charge < -0.3 is 5.73 Å². The van der Waals surface area contributed by atoms with E-state index >= 15 is 0 Å². The summed E-state index contributed by atoms with van der Waals surface area (Å²) in [7, 11) is 0. The van der Waals surface area contributed by atoms with E-state index in [4.69, 9.17) is 11.0 Å². The Balaban J connectivity index is 2.62. The average Bonchev–Trinajstić information content (AvgIpc) is 2.50. The minimum absolute atomic E-state index is 0.152. The first-order valence-electron chi connectivity index (χ1n) is 4.21. The van der Waals surface area contributed by atoms with E-state index in [0.29, 0.717) is 5.56 Å². The number of hydrogen-bond donors (Lipinski definition) is 1. The Morgan fingerprint density at radius 2 is 2.31 bits per heavy atom. The molecule has 0 aliphatic heterocycles. The highest BCUT2D eigenvalue weighted by Crippen LogP contribution is 2.35. The molecule has 0 unspecified atom stereocenters. The number of halogens is 1. The van der Waals surface area contributed by atoms with Crippen LogP contribution in [-0.2, 0) is 6.42 Å². The number of rotatable bonds is 0. The van der Waals surface area contributed by atoms with Crippen LogP contribution in [0.25, 0.3) is 0 Å². The van der Waals surface area contributed by atoms with E-state index in [1.54, 1.807) is 0 Å². The fraction of sp³-hybridized carbons (Fsp3) is 0.300. The Bertz CT molecular complexity index is 393. The van der Waals surface area contributed by atoms with Crippen molar-refractivity contribution in [3.8, 4) is 6.07 Å². The van der Waals surface area contributed by atoms with Gasteiger partial charge in [0.2, 0.25) is 0 Å². The average molecular weight is 237 g/mol. The number of nitrogens with two attached hydrogens (primary N) is 1. The summed E-state index contributed by atoms with van der Waals surface area (Å²) < 4.78 is 0.931. The number of fused-ring (bicyclic) bond motifs is 1. The molecule has 0 amide bonds. The second-order valence-electron chi connectivity index (χ2n) is 3.25. The molecule has 1 atom stereocenters. The lowest BCUT2D eigenvalue weighted by molar-refractivity contribution is 0.713.